The van der Waals surface area contributed by atoms with Gasteiger partial charge in [0.25, 0.3) is 0 Å². The highest BCUT2D eigenvalue weighted by molar-refractivity contribution is 5.87. The molecule has 0 aliphatic carbocycles. The molecule has 14 heavy (non-hydrogen) atoms. The Labute approximate surface area is 86.9 Å². The number of rotatable bonds is 1. The van der Waals surface area contributed by atoms with Crippen LogP contribution in [-0.4, -0.2) is 34.5 Å². The third kappa shape index (κ3) is 1.78. The van der Waals surface area contributed by atoms with Crippen LogP contribution in [0.25, 0.3) is 0 Å². The van der Waals surface area contributed by atoms with Gasteiger partial charge in [0.1, 0.15) is 0 Å². The van der Waals surface area contributed by atoms with Crippen molar-refractivity contribution in [2.45, 2.75) is 58.7 Å². The number of nitrogens with one attached hydrogen (secondary N) is 1. The summed E-state index contributed by atoms with van der Waals surface area (Å²) >= 11 is 0. The number of hydrogen-bond donors (Lipinski definition) is 1. The molecule has 1 aliphatic heterocycles. The number of carbonyl (C=O) groups excluding carboxylic acids is 1. The van der Waals surface area contributed by atoms with Crippen LogP contribution in [-0.2, 0) is 4.79 Å². The molecule has 1 N–H and O–H groups in total. The molecule has 0 atom stereocenters. The third-order valence-corrected chi connectivity index (χ3v) is 2.88. The van der Waals surface area contributed by atoms with Gasteiger partial charge in [-0.2, -0.15) is 0 Å². The highest BCUT2D eigenvalue weighted by Crippen LogP contribution is 2.26. The molecule has 1 fully saturated rings. The molecular weight excluding hydrogens is 176 g/mol. The van der Waals surface area contributed by atoms with E-state index in [0.29, 0.717) is 0 Å². The maximum absolute atomic E-state index is 12.2. The van der Waals surface area contributed by atoms with E-state index in [-0.39, 0.29) is 17.5 Å². The summed E-state index contributed by atoms with van der Waals surface area (Å²) in [4.78, 5) is 14.2. The number of carbonyl (C=O) groups is 1. The van der Waals surface area contributed by atoms with Crippen molar-refractivity contribution in [3.63, 3.8) is 0 Å². The highest BCUT2D eigenvalue weighted by atomic mass is 16.2. The molecule has 1 heterocycles. The first-order chi connectivity index (χ1) is 6.18. The van der Waals surface area contributed by atoms with Crippen LogP contribution in [0.2, 0.25) is 0 Å². The Hall–Kier alpha value is -0.570. The molecule has 1 saturated heterocycles. The molecule has 3 nitrogen and oxygen atoms in total. The SMILES string of the molecule is CC(C)N1C(=O)C(C)(C)NCC1(C)C. The van der Waals surface area contributed by atoms with E-state index >= 15 is 0 Å². The molecule has 0 bridgehead atoms. The Morgan fingerprint density at radius 1 is 1.29 bits per heavy atom. The van der Waals surface area contributed by atoms with Gasteiger partial charge in [0, 0.05) is 12.6 Å². The van der Waals surface area contributed by atoms with Crippen LogP contribution in [0.1, 0.15) is 41.5 Å². The second-order valence-electron chi connectivity index (χ2n) is 5.56. The molecule has 1 aliphatic rings. The van der Waals surface area contributed by atoms with Gasteiger partial charge in [-0.1, -0.05) is 0 Å². The van der Waals surface area contributed by atoms with Crippen LogP contribution >= 0.6 is 0 Å². The zero-order chi connectivity index (χ0) is 11.1. The van der Waals surface area contributed by atoms with Crippen molar-refractivity contribution in [3.05, 3.63) is 0 Å². The zero-order valence-electron chi connectivity index (χ0n) is 10.1. The van der Waals surface area contributed by atoms with Gasteiger partial charge in [-0.25, -0.2) is 0 Å². The molecule has 0 saturated carbocycles. The van der Waals surface area contributed by atoms with Gasteiger partial charge >= 0.3 is 0 Å². The normalized spacial score (nSPS) is 25.6. The predicted octanol–water partition coefficient (Wildman–Crippen LogP) is 1.38. The van der Waals surface area contributed by atoms with E-state index in [0.717, 1.165) is 6.54 Å². The van der Waals surface area contributed by atoms with Crippen molar-refractivity contribution >= 4 is 5.91 Å². The van der Waals surface area contributed by atoms with E-state index in [4.69, 9.17) is 0 Å². The van der Waals surface area contributed by atoms with Gasteiger partial charge in [0.05, 0.1) is 11.1 Å². The van der Waals surface area contributed by atoms with Crippen molar-refractivity contribution in [3.8, 4) is 0 Å². The Balaban J connectivity index is 3.00. The summed E-state index contributed by atoms with van der Waals surface area (Å²) in [6.07, 6.45) is 0. The van der Waals surface area contributed by atoms with Crippen LogP contribution in [0.3, 0.4) is 0 Å². The lowest BCUT2D eigenvalue weighted by Gasteiger charge is -2.50. The Morgan fingerprint density at radius 3 is 2.14 bits per heavy atom. The molecule has 1 rings (SSSR count). The highest BCUT2D eigenvalue weighted by Gasteiger charge is 2.45. The van der Waals surface area contributed by atoms with Crippen molar-refractivity contribution in [2.75, 3.05) is 6.54 Å². The summed E-state index contributed by atoms with van der Waals surface area (Å²) in [6, 6.07) is 0.263. The maximum atomic E-state index is 12.2. The fraction of sp³-hybridized carbons (Fsp3) is 0.909. The van der Waals surface area contributed by atoms with Gasteiger partial charge in [-0.05, 0) is 41.5 Å². The van der Waals surface area contributed by atoms with E-state index in [1.807, 2.05) is 18.7 Å². The first-order valence-electron chi connectivity index (χ1n) is 5.27. The minimum atomic E-state index is -0.417. The molecule has 0 radical (unpaired) electrons. The lowest BCUT2D eigenvalue weighted by atomic mass is 9.89. The van der Waals surface area contributed by atoms with Crippen molar-refractivity contribution in [2.24, 2.45) is 0 Å². The largest absolute Gasteiger partial charge is 0.332 e. The number of piperazine rings is 1. The molecule has 0 aromatic heterocycles. The van der Waals surface area contributed by atoms with Crippen LogP contribution in [0.4, 0.5) is 0 Å². The summed E-state index contributed by atoms with van der Waals surface area (Å²) in [5, 5.41) is 3.29. The molecule has 1 amide bonds. The average molecular weight is 198 g/mol. The van der Waals surface area contributed by atoms with E-state index < -0.39 is 5.54 Å². The van der Waals surface area contributed by atoms with E-state index in [1.165, 1.54) is 0 Å². The first kappa shape index (κ1) is 11.5. The molecular formula is C11H22N2O. The minimum absolute atomic E-state index is 0.0826. The van der Waals surface area contributed by atoms with Gasteiger partial charge in [-0.3, -0.25) is 4.79 Å². The third-order valence-electron chi connectivity index (χ3n) is 2.88. The van der Waals surface area contributed by atoms with Crippen molar-refractivity contribution < 1.29 is 4.79 Å². The summed E-state index contributed by atoms with van der Waals surface area (Å²) < 4.78 is 0. The van der Waals surface area contributed by atoms with E-state index in [9.17, 15) is 4.79 Å². The molecule has 0 unspecified atom stereocenters. The van der Waals surface area contributed by atoms with E-state index in [2.05, 4.69) is 33.0 Å². The minimum Gasteiger partial charge on any atom is -0.332 e. The predicted molar refractivity (Wildman–Crippen MR) is 58.1 cm³/mol. The fourth-order valence-electron chi connectivity index (χ4n) is 2.11. The maximum Gasteiger partial charge on any atom is 0.243 e. The molecule has 82 valence electrons. The van der Waals surface area contributed by atoms with Crippen LogP contribution in [0, 0.1) is 0 Å². The second-order valence-corrected chi connectivity index (χ2v) is 5.56. The summed E-state index contributed by atoms with van der Waals surface area (Å²) in [6.45, 7) is 13.1. The smallest absolute Gasteiger partial charge is 0.243 e. The Bertz CT molecular complexity index is 244. The van der Waals surface area contributed by atoms with Crippen molar-refractivity contribution in [1.82, 2.24) is 10.2 Å². The van der Waals surface area contributed by atoms with Crippen LogP contribution < -0.4 is 5.32 Å². The summed E-state index contributed by atoms with van der Waals surface area (Å²) in [5.74, 6) is 0.198. The van der Waals surface area contributed by atoms with Crippen molar-refractivity contribution in [1.29, 1.82) is 0 Å². The molecule has 0 aromatic rings. The lowest BCUT2D eigenvalue weighted by Crippen LogP contribution is -2.70. The zero-order valence-corrected chi connectivity index (χ0v) is 10.1. The monoisotopic (exact) mass is 198 g/mol. The van der Waals surface area contributed by atoms with Crippen LogP contribution in [0.5, 0.6) is 0 Å². The standard InChI is InChI=1S/C11H22N2O/c1-8(2)13-9(14)11(5,6)12-7-10(13,3)4/h8,12H,7H2,1-6H3. The van der Waals surface area contributed by atoms with Gasteiger partial charge in [0.2, 0.25) is 5.91 Å². The molecule has 0 aromatic carbocycles. The van der Waals surface area contributed by atoms with Gasteiger partial charge < -0.3 is 10.2 Å². The Kier molecular flexibility index (Phi) is 2.65. The first-order valence-corrected chi connectivity index (χ1v) is 5.27. The van der Waals surface area contributed by atoms with E-state index in [1.54, 1.807) is 0 Å². The fourth-order valence-corrected chi connectivity index (χ4v) is 2.11. The quantitative estimate of drug-likeness (QED) is 0.690. The molecule has 0 spiro atoms. The summed E-state index contributed by atoms with van der Waals surface area (Å²) in [7, 11) is 0. The van der Waals surface area contributed by atoms with Gasteiger partial charge in [-0.15, -0.1) is 0 Å². The average Bonchev–Trinajstić information content (AvgIpc) is 1.98. The molecule has 3 heteroatoms. The van der Waals surface area contributed by atoms with Gasteiger partial charge in [0.15, 0.2) is 0 Å². The summed E-state index contributed by atoms with van der Waals surface area (Å²) in [5.41, 5.74) is -0.499. The number of nitrogens with zero attached hydrogens (tertiary/aromatic N) is 1. The van der Waals surface area contributed by atoms with Crippen LogP contribution in [0.15, 0.2) is 0 Å². The lowest BCUT2D eigenvalue weighted by molar-refractivity contribution is -0.150. The second kappa shape index (κ2) is 3.23. The topological polar surface area (TPSA) is 32.3 Å². The Morgan fingerprint density at radius 2 is 1.79 bits per heavy atom. The number of amides is 1. The number of hydrogen-bond acceptors (Lipinski definition) is 2.